The normalized spacial score (nSPS) is 11.8. The minimum atomic E-state index is -0.889. The molecule has 0 saturated heterocycles. The van der Waals surface area contributed by atoms with E-state index < -0.39 is 11.9 Å². The highest BCUT2D eigenvalue weighted by atomic mass is 35.5. The maximum atomic E-state index is 11.7. The van der Waals surface area contributed by atoms with Crippen molar-refractivity contribution in [3.05, 3.63) is 28.8 Å². The zero-order valence-electron chi connectivity index (χ0n) is 12.2. The second-order valence-electron chi connectivity index (χ2n) is 4.72. The molecule has 0 aliphatic rings. The van der Waals surface area contributed by atoms with Crippen LogP contribution in [-0.2, 0) is 16.0 Å². The number of benzene rings is 1. The van der Waals surface area contributed by atoms with Gasteiger partial charge < -0.3 is 15.2 Å². The standard InChI is InChI=1S/C15H20ClNO4/c1-3-11(15(19)20)9-17-14(18)7-5-10-4-6-13(21-2)12(16)8-10/h4,6,8,11H,3,5,7,9H2,1-2H3,(H,17,18)(H,19,20). The number of hydrogen-bond donors (Lipinski definition) is 2. The predicted octanol–water partition coefficient (Wildman–Crippen LogP) is 2.51. The van der Waals surface area contributed by atoms with E-state index in [1.165, 1.54) is 0 Å². The highest BCUT2D eigenvalue weighted by molar-refractivity contribution is 6.32. The van der Waals surface area contributed by atoms with Crippen molar-refractivity contribution in [3.8, 4) is 5.75 Å². The molecule has 0 aromatic heterocycles. The van der Waals surface area contributed by atoms with Gasteiger partial charge in [0.2, 0.25) is 5.91 Å². The fourth-order valence-electron chi connectivity index (χ4n) is 1.85. The Balaban J connectivity index is 2.42. The van der Waals surface area contributed by atoms with Crippen LogP contribution >= 0.6 is 11.6 Å². The van der Waals surface area contributed by atoms with E-state index in [0.29, 0.717) is 30.0 Å². The van der Waals surface area contributed by atoms with Crippen LogP contribution in [0.4, 0.5) is 0 Å². The Labute approximate surface area is 129 Å². The molecule has 0 bridgehead atoms. The van der Waals surface area contributed by atoms with Crippen LogP contribution < -0.4 is 10.1 Å². The van der Waals surface area contributed by atoms with Crippen LogP contribution in [0.1, 0.15) is 25.3 Å². The van der Waals surface area contributed by atoms with Crippen molar-refractivity contribution >= 4 is 23.5 Å². The number of carboxylic acids is 1. The quantitative estimate of drug-likeness (QED) is 0.773. The van der Waals surface area contributed by atoms with E-state index in [1.54, 1.807) is 26.2 Å². The van der Waals surface area contributed by atoms with Gasteiger partial charge in [0.05, 0.1) is 18.1 Å². The fourth-order valence-corrected chi connectivity index (χ4v) is 2.14. The van der Waals surface area contributed by atoms with E-state index in [0.717, 1.165) is 5.56 Å². The van der Waals surface area contributed by atoms with Crippen LogP contribution in [0.5, 0.6) is 5.75 Å². The molecule has 1 amide bonds. The average Bonchev–Trinajstić information content (AvgIpc) is 2.45. The van der Waals surface area contributed by atoms with Crippen LogP contribution in [0.15, 0.2) is 18.2 Å². The number of carbonyl (C=O) groups is 2. The van der Waals surface area contributed by atoms with Gasteiger partial charge in [-0.2, -0.15) is 0 Å². The number of halogens is 1. The Hall–Kier alpha value is -1.75. The Morgan fingerprint density at radius 3 is 2.67 bits per heavy atom. The first kappa shape index (κ1) is 17.3. The summed E-state index contributed by atoms with van der Waals surface area (Å²) in [5.74, 6) is -0.997. The molecule has 0 radical (unpaired) electrons. The van der Waals surface area contributed by atoms with Gasteiger partial charge in [0.15, 0.2) is 0 Å². The highest BCUT2D eigenvalue weighted by Gasteiger charge is 2.15. The van der Waals surface area contributed by atoms with Crippen molar-refractivity contribution in [3.63, 3.8) is 0 Å². The minimum Gasteiger partial charge on any atom is -0.495 e. The Bertz CT molecular complexity index is 504. The number of aliphatic carboxylic acids is 1. The van der Waals surface area contributed by atoms with E-state index in [1.807, 2.05) is 6.07 Å². The monoisotopic (exact) mass is 313 g/mol. The Morgan fingerprint density at radius 1 is 1.43 bits per heavy atom. The Morgan fingerprint density at radius 2 is 2.14 bits per heavy atom. The van der Waals surface area contributed by atoms with E-state index in [-0.39, 0.29) is 12.5 Å². The molecule has 2 N–H and O–H groups in total. The first-order chi connectivity index (χ1) is 9.97. The molecule has 5 nitrogen and oxygen atoms in total. The van der Waals surface area contributed by atoms with E-state index in [9.17, 15) is 9.59 Å². The first-order valence-electron chi connectivity index (χ1n) is 6.79. The van der Waals surface area contributed by atoms with Gasteiger partial charge in [0.1, 0.15) is 5.75 Å². The van der Waals surface area contributed by atoms with Gasteiger partial charge in [-0.1, -0.05) is 24.6 Å². The second kappa shape index (κ2) is 8.52. The van der Waals surface area contributed by atoms with Gasteiger partial charge in [-0.25, -0.2) is 0 Å². The van der Waals surface area contributed by atoms with Crippen LogP contribution in [0.25, 0.3) is 0 Å². The summed E-state index contributed by atoms with van der Waals surface area (Å²) in [4.78, 5) is 22.5. The van der Waals surface area contributed by atoms with Crippen LogP contribution in [0.2, 0.25) is 5.02 Å². The SMILES string of the molecule is CCC(CNC(=O)CCc1ccc(OC)c(Cl)c1)C(=O)O. The molecule has 0 heterocycles. The van der Waals surface area contributed by atoms with Crippen LogP contribution in [0, 0.1) is 5.92 Å². The molecule has 0 spiro atoms. The molecule has 0 aliphatic heterocycles. The molecule has 1 rings (SSSR count). The van der Waals surface area contributed by atoms with E-state index in [2.05, 4.69) is 5.32 Å². The highest BCUT2D eigenvalue weighted by Crippen LogP contribution is 2.25. The molecule has 0 saturated carbocycles. The van der Waals surface area contributed by atoms with Gasteiger partial charge in [-0.05, 0) is 30.5 Å². The lowest BCUT2D eigenvalue weighted by Gasteiger charge is -2.11. The zero-order chi connectivity index (χ0) is 15.8. The zero-order valence-corrected chi connectivity index (χ0v) is 12.9. The molecule has 21 heavy (non-hydrogen) atoms. The number of carbonyl (C=O) groups excluding carboxylic acids is 1. The lowest BCUT2D eigenvalue weighted by atomic mass is 10.1. The number of rotatable bonds is 8. The first-order valence-corrected chi connectivity index (χ1v) is 7.17. The summed E-state index contributed by atoms with van der Waals surface area (Å²) in [6.45, 7) is 1.94. The summed E-state index contributed by atoms with van der Waals surface area (Å²) < 4.78 is 5.06. The van der Waals surface area contributed by atoms with Crippen molar-refractivity contribution in [2.24, 2.45) is 5.92 Å². The summed E-state index contributed by atoms with van der Waals surface area (Å²) in [6.07, 6.45) is 1.32. The number of hydrogen-bond acceptors (Lipinski definition) is 3. The molecule has 6 heteroatoms. The number of methoxy groups -OCH3 is 1. The van der Waals surface area contributed by atoms with Gasteiger partial charge in [0.25, 0.3) is 0 Å². The average molecular weight is 314 g/mol. The molecule has 1 unspecified atom stereocenters. The molecular formula is C15H20ClNO4. The summed E-state index contributed by atoms with van der Waals surface area (Å²) in [5.41, 5.74) is 0.932. The Kier molecular flexibility index (Phi) is 7.02. The largest absolute Gasteiger partial charge is 0.495 e. The molecule has 1 aromatic rings. The molecule has 1 atom stereocenters. The van der Waals surface area contributed by atoms with Crippen molar-refractivity contribution in [1.82, 2.24) is 5.32 Å². The molecular weight excluding hydrogens is 294 g/mol. The topological polar surface area (TPSA) is 75.6 Å². The van der Waals surface area contributed by atoms with Gasteiger partial charge >= 0.3 is 5.97 Å². The number of amides is 1. The number of aryl methyl sites for hydroxylation is 1. The second-order valence-corrected chi connectivity index (χ2v) is 5.12. The third kappa shape index (κ3) is 5.63. The van der Waals surface area contributed by atoms with Crippen LogP contribution in [-0.4, -0.2) is 30.6 Å². The third-order valence-corrected chi connectivity index (χ3v) is 3.54. The predicted molar refractivity (Wildman–Crippen MR) is 80.8 cm³/mol. The van der Waals surface area contributed by atoms with Crippen LogP contribution in [0.3, 0.4) is 0 Å². The van der Waals surface area contributed by atoms with E-state index >= 15 is 0 Å². The number of ether oxygens (including phenoxy) is 1. The van der Waals surface area contributed by atoms with Gasteiger partial charge in [0, 0.05) is 13.0 Å². The van der Waals surface area contributed by atoms with Gasteiger partial charge in [-0.15, -0.1) is 0 Å². The lowest BCUT2D eigenvalue weighted by Crippen LogP contribution is -2.32. The fraction of sp³-hybridized carbons (Fsp3) is 0.467. The van der Waals surface area contributed by atoms with Crippen molar-refractivity contribution in [2.75, 3.05) is 13.7 Å². The van der Waals surface area contributed by atoms with E-state index in [4.69, 9.17) is 21.4 Å². The summed E-state index contributed by atoms with van der Waals surface area (Å²) in [5, 5.41) is 12.0. The minimum absolute atomic E-state index is 0.161. The number of carboxylic acid groups (broad SMARTS) is 1. The molecule has 1 aromatic carbocycles. The maximum absolute atomic E-state index is 11.7. The summed E-state index contributed by atoms with van der Waals surface area (Å²) in [7, 11) is 1.54. The van der Waals surface area contributed by atoms with Crippen molar-refractivity contribution in [1.29, 1.82) is 0 Å². The lowest BCUT2D eigenvalue weighted by molar-refractivity contribution is -0.141. The van der Waals surface area contributed by atoms with Gasteiger partial charge in [-0.3, -0.25) is 9.59 Å². The summed E-state index contributed by atoms with van der Waals surface area (Å²) >= 11 is 6.01. The maximum Gasteiger partial charge on any atom is 0.308 e. The smallest absolute Gasteiger partial charge is 0.308 e. The molecule has 0 fully saturated rings. The van der Waals surface area contributed by atoms with Crippen molar-refractivity contribution in [2.45, 2.75) is 26.2 Å². The van der Waals surface area contributed by atoms with Crippen molar-refractivity contribution < 1.29 is 19.4 Å². The summed E-state index contributed by atoms with van der Waals surface area (Å²) in [6, 6.07) is 5.37. The molecule has 0 aliphatic carbocycles. The number of nitrogens with one attached hydrogen (secondary N) is 1. The third-order valence-electron chi connectivity index (χ3n) is 3.24. The molecule has 116 valence electrons.